The zero-order valence-corrected chi connectivity index (χ0v) is 16.7. The number of aromatic nitrogens is 1. The van der Waals surface area contributed by atoms with Gasteiger partial charge in [0.25, 0.3) is 0 Å². The number of halogens is 1. The quantitative estimate of drug-likeness (QED) is 0.712. The molecule has 0 radical (unpaired) electrons. The Labute approximate surface area is 168 Å². The second kappa shape index (κ2) is 6.35. The minimum atomic E-state index is -0.664. The van der Waals surface area contributed by atoms with Crippen LogP contribution in [0.15, 0.2) is 47.1 Å². The fourth-order valence-electron chi connectivity index (χ4n) is 4.07. The number of allylic oxidation sites excluding steroid dienone is 3. The minimum absolute atomic E-state index is 0.0248. The Bertz CT molecular complexity index is 1140. The molecule has 0 bridgehead atoms. The van der Waals surface area contributed by atoms with E-state index in [9.17, 15) is 10.1 Å². The molecule has 28 heavy (non-hydrogen) atoms. The Morgan fingerprint density at radius 2 is 2.07 bits per heavy atom. The molecule has 6 heteroatoms. The van der Waals surface area contributed by atoms with Gasteiger partial charge < -0.3 is 10.5 Å². The molecule has 1 aromatic carbocycles. The van der Waals surface area contributed by atoms with Gasteiger partial charge in [-0.3, -0.25) is 4.79 Å². The van der Waals surface area contributed by atoms with Crippen molar-refractivity contribution in [3.63, 3.8) is 0 Å². The number of aryl methyl sites for hydroxylation is 1. The highest BCUT2D eigenvalue weighted by molar-refractivity contribution is 6.31. The van der Waals surface area contributed by atoms with Gasteiger partial charge in [0.1, 0.15) is 22.6 Å². The van der Waals surface area contributed by atoms with E-state index in [2.05, 4.69) is 11.1 Å². The first kappa shape index (κ1) is 18.5. The lowest BCUT2D eigenvalue weighted by Gasteiger charge is -2.37. The normalized spacial score (nSPS) is 21.4. The highest BCUT2D eigenvalue weighted by Crippen LogP contribution is 2.49. The number of nitrogens with two attached hydrogens (primary N) is 1. The maximum Gasteiger partial charge on any atom is 0.205 e. The number of ether oxygens (including phenoxy) is 1. The summed E-state index contributed by atoms with van der Waals surface area (Å²) >= 11 is 6.54. The van der Waals surface area contributed by atoms with E-state index in [-0.39, 0.29) is 27.8 Å². The van der Waals surface area contributed by atoms with E-state index >= 15 is 0 Å². The summed E-state index contributed by atoms with van der Waals surface area (Å²) in [5.41, 5.74) is 8.95. The monoisotopic (exact) mass is 393 g/mol. The number of nitrogens with zero attached hydrogens (tertiary/aromatic N) is 2. The highest BCUT2D eigenvalue weighted by Gasteiger charge is 2.43. The summed E-state index contributed by atoms with van der Waals surface area (Å²) in [5, 5.41) is 10.9. The first-order chi connectivity index (χ1) is 13.2. The zero-order valence-electron chi connectivity index (χ0n) is 16.0. The number of hydrogen-bond acceptors (Lipinski definition) is 5. The van der Waals surface area contributed by atoms with Crippen LogP contribution in [0.2, 0.25) is 5.15 Å². The van der Waals surface area contributed by atoms with Crippen LogP contribution in [0, 0.1) is 23.7 Å². The molecule has 1 aliphatic heterocycles. The van der Waals surface area contributed by atoms with Crippen molar-refractivity contribution in [1.82, 2.24) is 4.98 Å². The molecule has 4 rings (SSSR count). The van der Waals surface area contributed by atoms with E-state index in [1.165, 1.54) is 0 Å². The third-order valence-corrected chi connectivity index (χ3v) is 5.64. The number of carbonyl (C=O) groups is 1. The van der Waals surface area contributed by atoms with Gasteiger partial charge in [-0.15, -0.1) is 0 Å². The molecule has 2 heterocycles. The molecular weight excluding hydrogens is 374 g/mol. The van der Waals surface area contributed by atoms with Crippen molar-refractivity contribution >= 4 is 28.3 Å². The number of hydrogen-bond donors (Lipinski definition) is 1. The molecule has 2 aliphatic rings. The van der Waals surface area contributed by atoms with E-state index < -0.39 is 5.92 Å². The van der Waals surface area contributed by atoms with Crippen molar-refractivity contribution in [2.75, 3.05) is 0 Å². The topological polar surface area (TPSA) is 89.0 Å². The molecule has 5 nitrogen and oxygen atoms in total. The predicted molar refractivity (Wildman–Crippen MR) is 107 cm³/mol. The minimum Gasteiger partial charge on any atom is -0.444 e. The molecule has 0 saturated heterocycles. The van der Waals surface area contributed by atoms with Crippen LogP contribution in [-0.2, 0) is 9.53 Å². The summed E-state index contributed by atoms with van der Waals surface area (Å²) in [6, 6.07) is 9.90. The number of Topliss-reactive ketones (excluding diaryl/α,β-unsaturated/α-hetero) is 1. The van der Waals surface area contributed by atoms with Gasteiger partial charge in [-0.2, -0.15) is 5.26 Å². The fraction of sp³-hybridized carbons (Fsp3) is 0.318. The zero-order chi connectivity index (χ0) is 20.2. The van der Waals surface area contributed by atoms with E-state index in [0.717, 1.165) is 16.5 Å². The number of benzene rings is 1. The summed E-state index contributed by atoms with van der Waals surface area (Å²) in [4.78, 5) is 17.6. The first-order valence-electron chi connectivity index (χ1n) is 9.11. The smallest absolute Gasteiger partial charge is 0.205 e. The van der Waals surface area contributed by atoms with Crippen LogP contribution in [-0.4, -0.2) is 10.8 Å². The average molecular weight is 394 g/mol. The maximum atomic E-state index is 13.0. The Morgan fingerprint density at radius 3 is 2.79 bits per heavy atom. The van der Waals surface area contributed by atoms with E-state index in [1.807, 2.05) is 45.0 Å². The summed E-state index contributed by atoms with van der Waals surface area (Å²) < 4.78 is 5.72. The van der Waals surface area contributed by atoms with E-state index in [0.29, 0.717) is 29.7 Å². The second-order valence-electron chi connectivity index (χ2n) is 8.27. The van der Waals surface area contributed by atoms with Gasteiger partial charge in [0.05, 0.1) is 11.4 Å². The Kier molecular flexibility index (Phi) is 4.20. The second-order valence-corrected chi connectivity index (χ2v) is 8.63. The third kappa shape index (κ3) is 2.94. The molecule has 0 fully saturated rings. The van der Waals surface area contributed by atoms with E-state index in [4.69, 9.17) is 22.1 Å². The standard InChI is InChI=1S/C22H20ClN3O2/c1-11-4-5-12-7-13(20(23)26-15(12)6-11)18-14(10-24)21(25)28-17-9-22(2,3)8-16(27)19(17)18/h4-7,18H,8-9,25H2,1-3H3/t18-/m1/s1. The van der Waals surface area contributed by atoms with Crippen LogP contribution in [0.1, 0.15) is 43.7 Å². The van der Waals surface area contributed by atoms with Crippen molar-refractivity contribution in [1.29, 1.82) is 5.26 Å². The van der Waals surface area contributed by atoms with Crippen LogP contribution in [0.25, 0.3) is 10.9 Å². The van der Waals surface area contributed by atoms with Gasteiger partial charge in [-0.25, -0.2) is 4.98 Å². The molecule has 2 N–H and O–H groups in total. The van der Waals surface area contributed by atoms with Crippen molar-refractivity contribution in [2.45, 2.75) is 39.5 Å². The highest BCUT2D eigenvalue weighted by atomic mass is 35.5. The van der Waals surface area contributed by atoms with Crippen molar-refractivity contribution < 1.29 is 9.53 Å². The molecule has 0 spiro atoms. The van der Waals surface area contributed by atoms with Crippen LogP contribution < -0.4 is 5.73 Å². The summed E-state index contributed by atoms with van der Waals surface area (Å²) in [6.07, 6.45) is 0.948. The average Bonchev–Trinajstić information content (AvgIpc) is 2.58. The van der Waals surface area contributed by atoms with Crippen LogP contribution in [0.3, 0.4) is 0 Å². The van der Waals surface area contributed by atoms with Crippen molar-refractivity contribution in [3.05, 3.63) is 63.3 Å². The van der Waals surface area contributed by atoms with Gasteiger partial charge >= 0.3 is 0 Å². The molecule has 0 amide bonds. The molecule has 0 saturated carbocycles. The largest absolute Gasteiger partial charge is 0.444 e. The summed E-state index contributed by atoms with van der Waals surface area (Å²) in [5.74, 6) is -0.153. The Hall–Kier alpha value is -2.84. The number of carbonyl (C=O) groups excluding carboxylic acids is 1. The lowest BCUT2D eigenvalue weighted by molar-refractivity contribution is -0.119. The lowest BCUT2D eigenvalue weighted by Crippen LogP contribution is -2.33. The van der Waals surface area contributed by atoms with Crippen LogP contribution in [0.5, 0.6) is 0 Å². The number of rotatable bonds is 1. The molecule has 1 aromatic heterocycles. The maximum absolute atomic E-state index is 13.0. The van der Waals surface area contributed by atoms with Crippen LogP contribution >= 0.6 is 11.6 Å². The Balaban J connectivity index is 1.96. The van der Waals surface area contributed by atoms with Gasteiger partial charge in [0, 0.05) is 29.4 Å². The first-order valence-corrected chi connectivity index (χ1v) is 9.48. The van der Waals surface area contributed by atoms with Crippen LogP contribution in [0.4, 0.5) is 0 Å². The van der Waals surface area contributed by atoms with E-state index in [1.54, 1.807) is 0 Å². The lowest BCUT2D eigenvalue weighted by atomic mass is 9.70. The summed E-state index contributed by atoms with van der Waals surface area (Å²) in [7, 11) is 0. The SMILES string of the molecule is Cc1ccc2cc([C@@H]3C(C#N)=C(N)OC4=C3C(=O)CC(C)(C)C4)c(Cl)nc2c1. The van der Waals surface area contributed by atoms with Crippen molar-refractivity contribution in [3.8, 4) is 6.07 Å². The molecule has 1 atom stereocenters. The molecule has 142 valence electrons. The van der Waals surface area contributed by atoms with Gasteiger partial charge in [0.2, 0.25) is 5.88 Å². The fourth-order valence-corrected chi connectivity index (χ4v) is 4.32. The van der Waals surface area contributed by atoms with Gasteiger partial charge in [-0.05, 0) is 30.0 Å². The third-order valence-electron chi connectivity index (χ3n) is 5.34. The molecule has 2 aromatic rings. The van der Waals surface area contributed by atoms with Gasteiger partial charge in [0.15, 0.2) is 5.78 Å². The number of fused-ring (bicyclic) bond motifs is 1. The van der Waals surface area contributed by atoms with Crippen molar-refractivity contribution in [2.24, 2.45) is 11.1 Å². The summed E-state index contributed by atoms with van der Waals surface area (Å²) in [6.45, 7) is 6.01. The predicted octanol–water partition coefficient (Wildman–Crippen LogP) is 4.65. The number of pyridine rings is 1. The number of ketones is 1. The molecule has 1 aliphatic carbocycles. The van der Waals surface area contributed by atoms with Gasteiger partial charge in [-0.1, -0.05) is 37.6 Å². The molecule has 0 unspecified atom stereocenters. The molecular formula is C22H20ClN3O2. The Morgan fingerprint density at radius 1 is 1.32 bits per heavy atom. The number of nitriles is 1.